The fourth-order valence-electron chi connectivity index (χ4n) is 2.61. The van der Waals surface area contributed by atoms with Gasteiger partial charge in [0.05, 0.1) is 16.9 Å². The fourth-order valence-corrected chi connectivity index (χ4v) is 4.39. The Kier molecular flexibility index (Phi) is 5.90. The number of carbonyl (C=O) groups is 2. The third-order valence-electron chi connectivity index (χ3n) is 3.83. The molecule has 1 fully saturated rings. The van der Waals surface area contributed by atoms with Gasteiger partial charge in [-0.3, -0.25) is 9.69 Å². The van der Waals surface area contributed by atoms with Gasteiger partial charge in [-0.25, -0.2) is 0 Å². The number of rotatable bonds is 5. The Hall–Kier alpha value is -1.96. The number of halogens is 1. The van der Waals surface area contributed by atoms with Gasteiger partial charge >= 0.3 is 0 Å². The molecule has 7 heteroatoms. The minimum absolute atomic E-state index is 0.139. The Morgan fingerprint density at radius 1 is 1.23 bits per heavy atom. The van der Waals surface area contributed by atoms with Crippen molar-refractivity contribution in [3.63, 3.8) is 0 Å². The van der Waals surface area contributed by atoms with Crippen molar-refractivity contribution in [3.8, 4) is 0 Å². The molecular formula is C19H13BrNO3S2-. The van der Waals surface area contributed by atoms with Crippen molar-refractivity contribution in [1.29, 1.82) is 0 Å². The predicted octanol–water partition coefficient (Wildman–Crippen LogP) is 3.01. The summed E-state index contributed by atoms with van der Waals surface area (Å²) < 4.78 is 1.11. The van der Waals surface area contributed by atoms with E-state index in [4.69, 9.17) is 12.2 Å². The SMILES string of the molecule is O=C([O-])[C@@H](Cc1ccccc1)N1C(=O)/C(=C\c2cccc(Br)c2)SC1=S. The maximum atomic E-state index is 12.8. The van der Waals surface area contributed by atoms with E-state index < -0.39 is 17.9 Å². The van der Waals surface area contributed by atoms with Gasteiger partial charge in [-0.15, -0.1) is 0 Å². The minimum Gasteiger partial charge on any atom is -0.548 e. The van der Waals surface area contributed by atoms with E-state index in [1.54, 1.807) is 6.08 Å². The summed E-state index contributed by atoms with van der Waals surface area (Å²) in [5.41, 5.74) is 1.62. The zero-order valence-corrected chi connectivity index (χ0v) is 16.6. The molecule has 0 unspecified atom stereocenters. The van der Waals surface area contributed by atoms with Crippen molar-refractivity contribution in [2.45, 2.75) is 12.5 Å². The second kappa shape index (κ2) is 8.16. The van der Waals surface area contributed by atoms with E-state index in [1.165, 1.54) is 0 Å². The van der Waals surface area contributed by atoms with Crippen LogP contribution in [0.1, 0.15) is 11.1 Å². The van der Waals surface area contributed by atoms with Gasteiger partial charge < -0.3 is 9.90 Å². The zero-order chi connectivity index (χ0) is 18.7. The normalized spacial score (nSPS) is 17.0. The molecule has 0 radical (unpaired) electrons. The van der Waals surface area contributed by atoms with Crippen LogP contribution in [0.25, 0.3) is 6.08 Å². The number of hydrogen-bond acceptors (Lipinski definition) is 5. The number of thiocarbonyl (C=S) groups is 1. The molecule has 0 N–H and O–H groups in total. The monoisotopic (exact) mass is 446 g/mol. The van der Waals surface area contributed by atoms with Crippen LogP contribution in [0, 0.1) is 0 Å². The van der Waals surface area contributed by atoms with Gasteiger partial charge in [-0.05, 0) is 35.8 Å². The van der Waals surface area contributed by atoms with Crippen molar-refractivity contribution in [3.05, 3.63) is 75.1 Å². The van der Waals surface area contributed by atoms with Crippen LogP contribution in [-0.2, 0) is 16.0 Å². The number of thioether (sulfide) groups is 1. The number of aliphatic carboxylic acids is 1. The second-order valence-corrected chi connectivity index (χ2v) is 8.22. The summed E-state index contributed by atoms with van der Waals surface area (Å²) in [5, 5.41) is 11.7. The number of nitrogens with zero attached hydrogens (tertiary/aromatic N) is 1. The largest absolute Gasteiger partial charge is 0.548 e. The molecule has 4 nitrogen and oxygen atoms in total. The molecule has 0 aromatic heterocycles. The highest BCUT2D eigenvalue weighted by molar-refractivity contribution is 9.10. The summed E-state index contributed by atoms with van der Waals surface area (Å²) in [6, 6.07) is 15.4. The van der Waals surface area contributed by atoms with Crippen LogP contribution in [0.2, 0.25) is 0 Å². The lowest BCUT2D eigenvalue weighted by atomic mass is 10.0. The van der Waals surface area contributed by atoms with Crippen molar-refractivity contribution >= 4 is 62.2 Å². The van der Waals surface area contributed by atoms with Gasteiger partial charge in [-0.2, -0.15) is 0 Å². The van der Waals surface area contributed by atoms with E-state index in [-0.39, 0.29) is 10.7 Å². The molecule has 3 rings (SSSR count). The van der Waals surface area contributed by atoms with E-state index in [1.807, 2.05) is 54.6 Å². The Labute approximate surface area is 169 Å². The first kappa shape index (κ1) is 18.8. The minimum atomic E-state index is -1.33. The molecule has 132 valence electrons. The average Bonchev–Trinajstić information content (AvgIpc) is 2.87. The number of benzene rings is 2. The van der Waals surface area contributed by atoms with Crippen LogP contribution < -0.4 is 5.11 Å². The lowest BCUT2D eigenvalue weighted by molar-refractivity contribution is -0.310. The van der Waals surface area contributed by atoms with Crippen LogP contribution in [0.3, 0.4) is 0 Å². The van der Waals surface area contributed by atoms with Crippen molar-refractivity contribution < 1.29 is 14.7 Å². The number of carbonyl (C=O) groups excluding carboxylic acids is 2. The molecule has 1 aliphatic rings. The number of carboxylic acids is 1. The number of carboxylic acid groups (broad SMARTS) is 1. The molecule has 1 atom stereocenters. The van der Waals surface area contributed by atoms with Crippen molar-refractivity contribution in [1.82, 2.24) is 4.90 Å². The maximum absolute atomic E-state index is 12.8. The van der Waals surface area contributed by atoms with Gasteiger partial charge in [0.2, 0.25) is 0 Å². The molecule has 1 aliphatic heterocycles. The van der Waals surface area contributed by atoms with E-state index in [2.05, 4.69) is 15.9 Å². The zero-order valence-electron chi connectivity index (χ0n) is 13.4. The highest BCUT2D eigenvalue weighted by Gasteiger charge is 2.37. The van der Waals surface area contributed by atoms with Crippen LogP contribution >= 0.6 is 39.9 Å². The van der Waals surface area contributed by atoms with E-state index >= 15 is 0 Å². The van der Waals surface area contributed by atoms with Crippen molar-refractivity contribution in [2.24, 2.45) is 0 Å². The third-order valence-corrected chi connectivity index (χ3v) is 5.65. The molecule has 1 saturated heterocycles. The average molecular weight is 447 g/mol. The lowest BCUT2D eigenvalue weighted by Crippen LogP contribution is -2.51. The Morgan fingerprint density at radius 3 is 2.62 bits per heavy atom. The summed E-state index contributed by atoms with van der Waals surface area (Å²) in [5.74, 6) is -1.74. The Balaban J connectivity index is 1.88. The summed E-state index contributed by atoms with van der Waals surface area (Å²) >= 11 is 9.76. The van der Waals surface area contributed by atoms with Gasteiger partial charge in [0.25, 0.3) is 5.91 Å². The van der Waals surface area contributed by atoms with E-state index in [0.717, 1.165) is 32.3 Å². The van der Waals surface area contributed by atoms with Crippen LogP contribution in [0.15, 0.2) is 64.0 Å². The predicted molar refractivity (Wildman–Crippen MR) is 108 cm³/mol. The molecule has 0 spiro atoms. The summed E-state index contributed by atoms with van der Waals surface area (Å²) in [6.07, 6.45) is 1.85. The van der Waals surface area contributed by atoms with Gasteiger partial charge in [0.1, 0.15) is 4.32 Å². The molecule has 1 amide bonds. The quantitative estimate of drug-likeness (QED) is 0.521. The Morgan fingerprint density at radius 2 is 1.96 bits per heavy atom. The fraction of sp³-hybridized carbons (Fsp3) is 0.105. The standard InChI is InChI=1S/C19H14BrNO3S2/c20-14-8-4-7-13(9-14)11-16-17(22)21(19(25)26-16)15(18(23)24)10-12-5-2-1-3-6-12/h1-9,11,15H,10H2,(H,23,24)/p-1/b16-11+/t15-/m1/s1. The van der Waals surface area contributed by atoms with Gasteiger partial charge in [0.15, 0.2) is 0 Å². The smallest absolute Gasteiger partial charge is 0.266 e. The first-order chi connectivity index (χ1) is 12.5. The highest BCUT2D eigenvalue weighted by atomic mass is 79.9. The molecule has 1 heterocycles. The van der Waals surface area contributed by atoms with E-state index in [9.17, 15) is 14.7 Å². The van der Waals surface area contributed by atoms with Crippen LogP contribution in [-0.4, -0.2) is 27.1 Å². The lowest BCUT2D eigenvalue weighted by Gasteiger charge is -2.27. The topological polar surface area (TPSA) is 60.4 Å². The molecule has 0 saturated carbocycles. The molecule has 0 bridgehead atoms. The number of amides is 1. The Bertz CT molecular complexity index is 899. The summed E-state index contributed by atoms with van der Waals surface area (Å²) in [6.45, 7) is 0. The first-order valence-corrected chi connectivity index (χ1v) is 9.75. The van der Waals surface area contributed by atoms with Crippen LogP contribution in [0.5, 0.6) is 0 Å². The maximum Gasteiger partial charge on any atom is 0.266 e. The second-order valence-electron chi connectivity index (χ2n) is 5.63. The molecule has 2 aromatic carbocycles. The van der Waals surface area contributed by atoms with E-state index in [0.29, 0.717) is 4.91 Å². The van der Waals surface area contributed by atoms with Crippen molar-refractivity contribution in [2.75, 3.05) is 0 Å². The highest BCUT2D eigenvalue weighted by Crippen LogP contribution is 2.34. The molecular weight excluding hydrogens is 434 g/mol. The van der Waals surface area contributed by atoms with Gasteiger partial charge in [-0.1, -0.05) is 82.4 Å². The summed E-state index contributed by atoms with van der Waals surface area (Å²) in [4.78, 5) is 26.0. The van der Waals surface area contributed by atoms with Gasteiger partial charge in [0, 0.05) is 4.47 Å². The van der Waals surface area contributed by atoms with Crippen LogP contribution in [0.4, 0.5) is 0 Å². The summed E-state index contributed by atoms with van der Waals surface area (Å²) in [7, 11) is 0. The molecule has 0 aliphatic carbocycles. The number of hydrogen-bond donors (Lipinski definition) is 0. The third kappa shape index (κ3) is 4.23. The molecule has 26 heavy (non-hydrogen) atoms. The molecule has 2 aromatic rings. The first-order valence-electron chi connectivity index (χ1n) is 7.73.